The number of carbonyl (C=O) groups excluding carboxylic acids is 6. The highest BCUT2D eigenvalue weighted by Crippen LogP contribution is 2.05. The van der Waals surface area contributed by atoms with Gasteiger partial charge in [-0.15, -0.1) is 12.8 Å². The Morgan fingerprint density at radius 3 is 1.07 bits per heavy atom. The van der Waals surface area contributed by atoms with Crippen LogP contribution in [0.2, 0.25) is 0 Å². The first-order valence-corrected chi connectivity index (χ1v) is 26.3. The van der Waals surface area contributed by atoms with Crippen molar-refractivity contribution >= 4 is 66.2 Å². The van der Waals surface area contributed by atoms with Crippen LogP contribution in [-0.2, 0) is 140 Å². The zero-order chi connectivity index (χ0) is 66.8. The van der Waals surface area contributed by atoms with Gasteiger partial charge in [0.15, 0.2) is 33.0 Å². The van der Waals surface area contributed by atoms with E-state index in [2.05, 4.69) is 44.9 Å². The molecule has 3 rings (SSSR count). The smallest absolute Gasteiger partial charge is 0.344 e. The van der Waals surface area contributed by atoms with E-state index < -0.39 is 99.3 Å². The molecule has 0 aliphatic rings. The average Bonchev–Trinajstić information content (AvgIpc) is 3.72. The molecule has 0 aliphatic heterocycles. The number of aliphatic carboxylic acids is 5. The van der Waals surface area contributed by atoms with Gasteiger partial charge in [0.25, 0.3) is 6.47 Å². The predicted molar refractivity (Wildman–Crippen MR) is 303 cm³/mol. The maximum Gasteiger partial charge on any atom is 0.344 e. The Kier molecular flexibility index (Phi) is 61.5. The van der Waals surface area contributed by atoms with Crippen LogP contribution in [0.1, 0.15) is 96.1 Å². The second kappa shape index (κ2) is 65.0. The number of benzene rings is 3. The Bertz CT molecular complexity index is 2330. The number of esters is 5. The maximum absolute atomic E-state index is 11.6. The number of hydrogen-bond donors (Lipinski definition) is 6. The molecule has 0 amide bonds. The highest BCUT2D eigenvalue weighted by atomic mass is 17.2. The number of hydrogen-bond acceptors (Lipinski definition) is 26. The molecule has 0 spiro atoms. The van der Waals surface area contributed by atoms with E-state index in [9.17, 15) is 52.7 Å². The topological polar surface area (TPSA) is 438 Å². The van der Waals surface area contributed by atoms with Crippen molar-refractivity contribution < 1.29 is 152 Å². The van der Waals surface area contributed by atoms with Gasteiger partial charge in [-0.1, -0.05) is 98.4 Å². The average molecular weight is 1270 g/mol. The van der Waals surface area contributed by atoms with E-state index in [0.717, 1.165) is 16.7 Å². The van der Waals surface area contributed by atoms with Gasteiger partial charge < -0.3 is 59.1 Å². The van der Waals surface area contributed by atoms with E-state index in [0.29, 0.717) is 64.6 Å². The number of unbranched alkanes of at least 4 members (excludes halogenated alkanes) is 3. The standard InChI is InChI=1S/C23H28O8.2C9H14O8.C9H10O3.C5H8O4.C2H2.CH4/c24-22(27-19-23(25)26-17-20-9-3-1-4-10-20)13-7-8-14-28-29-15-16-30-31-18-21-11-5-2-6-12-21;2*10-7(11)5-15-9(14)3-1-2-4-16-17-6-8(12)13;10-6-9(11)12-7-8-4-2-1-3-5-8;6-4-9-3-1-2-5(7)8;1-2;/h1-6,9-12H,7-8,13-19H2;2*1-6H2,(H,10,11)(H,12,13);1-5,10H,6-7H2;4H,1-3H2,(H,7,8);1-2H;1H4/i;;;;;1D;. The van der Waals surface area contributed by atoms with Crippen molar-refractivity contribution in [1.82, 2.24) is 0 Å². The Balaban J connectivity index is -0.000000540. The third-order valence-corrected chi connectivity index (χ3v) is 8.99. The van der Waals surface area contributed by atoms with Crippen molar-refractivity contribution in [3.63, 3.8) is 0 Å². The molecule has 31 heteroatoms. The summed E-state index contributed by atoms with van der Waals surface area (Å²) in [6.45, 7) is -0.989. The van der Waals surface area contributed by atoms with Crippen molar-refractivity contribution in [3.05, 3.63) is 108 Å². The minimum atomic E-state index is -1.20. The molecule has 0 fully saturated rings. The zero-order valence-electron chi connectivity index (χ0n) is 49.1. The number of aliphatic hydroxyl groups excluding tert-OH is 1. The van der Waals surface area contributed by atoms with E-state index in [1.807, 2.05) is 91.0 Å². The summed E-state index contributed by atoms with van der Waals surface area (Å²) in [5.74, 6) is -8.39. The minimum Gasteiger partial charge on any atom is -0.481 e. The van der Waals surface area contributed by atoms with Crippen LogP contribution in [-0.4, -0.2) is 176 Å². The van der Waals surface area contributed by atoms with Crippen LogP contribution < -0.4 is 0 Å². The maximum atomic E-state index is 11.6. The van der Waals surface area contributed by atoms with E-state index in [4.69, 9.17) is 61.0 Å². The van der Waals surface area contributed by atoms with Crippen molar-refractivity contribution in [2.75, 3.05) is 79.3 Å². The van der Waals surface area contributed by atoms with Crippen LogP contribution >= 0.6 is 0 Å². The predicted octanol–water partition coefficient (Wildman–Crippen LogP) is 4.81. The first-order valence-electron chi connectivity index (χ1n) is 26.8. The summed E-state index contributed by atoms with van der Waals surface area (Å²) < 4.78 is 33.3. The molecule has 498 valence electrons. The van der Waals surface area contributed by atoms with Crippen molar-refractivity contribution in [2.45, 2.75) is 97.9 Å². The molecule has 3 aromatic carbocycles. The fourth-order valence-electron chi connectivity index (χ4n) is 5.08. The lowest BCUT2D eigenvalue weighted by Gasteiger charge is -2.07. The molecule has 3 aromatic rings. The lowest BCUT2D eigenvalue weighted by Crippen LogP contribution is -2.16. The van der Waals surface area contributed by atoms with Gasteiger partial charge in [-0.2, -0.15) is 0 Å². The normalized spacial score (nSPS) is 9.69. The summed E-state index contributed by atoms with van der Waals surface area (Å²) in [5, 5.41) is 49.2. The van der Waals surface area contributed by atoms with Gasteiger partial charge in [0.1, 0.15) is 41.0 Å². The number of carboxylic acids is 5. The number of ether oxygens (including phenoxy) is 6. The SMILES string of the molecule is C.O=C(CCCCOOCCOOCc1ccccc1)OCC(=O)OCc1ccccc1.O=C(CO)OCc1ccccc1.O=C(O)COOCCCCC(=O)OCC(=O)O.O=C(O)COOCCCCC(=O)OCC(=O)O.O=COCCCC(=O)O.[2H]C#C. The molecule has 6 N–H and O–H groups in total. The van der Waals surface area contributed by atoms with E-state index in [1.54, 1.807) is 0 Å². The summed E-state index contributed by atoms with van der Waals surface area (Å²) in [7, 11) is 0. The molecule has 0 saturated heterocycles. The first-order chi connectivity index (χ1) is 42.8. The number of carboxylic acid groups (broad SMARTS) is 5. The van der Waals surface area contributed by atoms with Gasteiger partial charge in [0, 0.05) is 25.7 Å². The number of terminal acetylenes is 1. The quantitative estimate of drug-likeness (QED) is 0.00841. The molecule has 31 nitrogen and oxygen atoms in total. The van der Waals surface area contributed by atoms with Crippen LogP contribution in [0, 0.1) is 12.8 Å². The minimum absolute atomic E-state index is 0. The Morgan fingerprint density at radius 2 is 0.708 bits per heavy atom. The highest BCUT2D eigenvalue weighted by molar-refractivity contribution is 5.77. The molecule has 0 aromatic heterocycles. The second-order valence-electron chi connectivity index (χ2n) is 16.2. The third-order valence-electron chi connectivity index (χ3n) is 8.99. The van der Waals surface area contributed by atoms with Gasteiger partial charge in [-0.3, -0.25) is 24.0 Å². The van der Waals surface area contributed by atoms with Gasteiger partial charge >= 0.3 is 59.7 Å². The van der Waals surface area contributed by atoms with Gasteiger partial charge in [0.2, 0.25) is 0 Å². The molecule has 0 atom stereocenters. The Hall–Kier alpha value is -8.97. The zero-order valence-corrected chi connectivity index (χ0v) is 48.1. The summed E-state index contributed by atoms with van der Waals surface area (Å²) in [4.78, 5) is 152. The fraction of sp³-hybridized carbons (Fsp3) is 0.466. The third kappa shape index (κ3) is 69.7. The number of aliphatic hydroxyl groups is 1. The summed E-state index contributed by atoms with van der Waals surface area (Å²) in [5.41, 5.74) is 2.80. The van der Waals surface area contributed by atoms with E-state index in [1.165, 1.54) is 6.40 Å². The van der Waals surface area contributed by atoms with Crippen molar-refractivity contribution in [2.24, 2.45) is 0 Å². The van der Waals surface area contributed by atoms with Gasteiger partial charge in [-0.05, 0) is 61.6 Å². The molecular formula is C58H80O31. The largest absolute Gasteiger partial charge is 0.481 e. The molecule has 0 heterocycles. The van der Waals surface area contributed by atoms with Crippen molar-refractivity contribution in [1.29, 1.82) is 0 Å². The second-order valence-corrected chi connectivity index (χ2v) is 16.2. The Labute approximate surface area is 514 Å². The highest BCUT2D eigenvalue weighted by Gasteiger charge is 2.10. The lowest BCUT2D eigenvalue weighted by atomic mass is 10.2. The molecule has 0 unspecified atom stereocenters. The number of rotatable bonds is 44. The first kappa shape index (κ1) is 84.2. The van der Waals surface area contributed by atoms with E-state index >= 15 is 0 Å². The molecular weight excluding hydrogens is 1190 g/mol. The van der Waals surface area contributed by atoms with Crippen LogP contribution in [0.4, 0.5) is 0 Å². The molecule has 0 saturated carbocycles. The van der Waals surface area contributed by atoms with Gasteiger partial charge in [0.05, 0.1) is 26.4 Å². The summed E-state index contributed by atoms with van der Waals surface area (Å²) in [6.07, 6.45) is 9.53. The summed E-state index contributed by atoms with van der Waals surface area (Å²) >= 11 is 0. The fourth-order valence-corrected chi connectivity index (χ4v) is 5.08. The van der Waals surface area contributed by atoms with Crippen LogP contribution in [0.3, 0.4) is 0 Å². The summed E-state index contributed by atoms with van der Waals surface area (Å²) in [6, 6.07) is 28.3. The number of carbonyl (C=O) groups is 11. The van der Waals surface area contributed by atoms with Crippen LogP contribution in [0.15, 0.2) is 91.0 Å². The van der Waals surface area contributed by atoms with Crippen molar-refractivity contribution in [3.8, 4) is 12.8 Å². The lowest BCUT2D eigenvalue weighted by molar-refractivity contribution is -0.345. The van der Waals surface area contributed by atoms with Gasteiger partial charge in [-0.25, -0.2) is 67.9 Å². The molecule has 89 heavy (non-hydrogen) atoms. The molecule has 0 aliphatic carbocycles. The molecule has 0 radical (unpaired) electrons. The Morgan fingerprint density at radius 1 is 0.371 bits per heavy atom. The van der Waals surface area contributed by atoms with Crippen LogP contribution in [0.5, 0.6) is 0 Å². The monoisotopic (exact) mass is 1270 g/mol. The van der Waals surface area contributed by atoms with E-state index in [-0.39, 0.29) is 79.4 Å². The molecule has 0 bridgehead atoms. The van der Waals surface area contributed by atoms with Crippen LogP contribution in [0.25, 0.3) is 0 Å².